The molecule has 124 valence electrons. The van der Waals surface area contributed by atoms with Crippen LogP contribution in [0.5, 0.6) is 0 Å². The van der Waals surface area contributed by atoms with Gasteiger partial charge in [-0.15, -0.1) is 6.58 Å². The van der Waals surface area contributed by atoms with E-state index >= 15 is 0 Å². The van der Waals surface area contributed by atoms with Crippen molar-refractivity contribution >= 4 is 11.2 Å². The molecule has 0 aliphatic heterocycles. The second-order valence-corrected chi connectivity index (χ2v) is 6.08. The molecule has 6 nitrogen and oxygen atoms in total. The number of fused-ring (bicyclic) bond motifs is 1. The Morgan fingerprint density at radius 2 is 1.88 bits per heavy atom. The molecule has 0 saturated carbocycles. The van der Waals surface area contributed by atoms with E-state index < -0.39 is 0 Å². The van der Waals surface area contributed by atoms with Crippen molar-refractivity contribution in [3.05, 3.63) is 69.6 Å². The summed E-state index contributed by atoms with van der Waals surface area (Å²) in [5.41, 5.74) is 1.85. The molecular weight excluding hydrogens is 304 g/mol. The maximum absolute atomic E-state index is 13.0. The van der Waals surface area contributed by atoms with E-state index in [0.29, 0.717) is 23.4 Å². The quantitative estimate of drug-likeness (QED) is 0.693. The zero-order chi connectivity index (χ0) is 17.4. The van der Waals surface area contributed by atoms with Crippen LogP contribution in [0.3, 0.4) is 0 Å². The van der Waals surface area contributed by atoms with Crippen molar-refractivity contribution in [3.8, 4) is 5.69 Å². The van der Waals surface area contributed by atoms with Gasteiger partial charge in [0, 0.05) is 12.6 Å². The van der Waals surface area contributed by atoms with Crippen LogP contribution in [0.25, 0.3) is 16.9 Å². The predicted octanol–water partition coefficient (Wildman–Crippen LogP) is 2.42. The smallest absolute Gasteiger partial charge is 0.321 e. The molecule has 24 heavy (non-hydrogen) atoms. The summed E-state index contributed by atoms with van der Waals surface area (Å²) in [6.07, 6.45) is 3.27. The minimum atomic E-state index is -0.379. The summed E-state index contributed by atoms with van der Waals surface area (Å²) in [6.45, 7) is 9.79. The summed E-state index contributed by atoms with van der Waals surface area (Å²) < 4.78 is 4.48. The number of nitrogens with zero attached hydrogens (tertiary/aromatic N) is 4. The summed E-state index contributed by atoms with van der Waals surface area (Å²) in [4.78, 5) is 30.1. The van der Waals surface area contributed by atoms with Crippen molar-refractivity contribution in [2.24, 2.45) is 0 Å². The third-order valence-corrected chi connectivity index (χ3v) is 3.98. The van der Waals surface area contributed by atoms with Gasteiger partial charge in [0.1, 0.15) is 0 Å². The van der Waals surface area contributed by atoms with Crippen LogP contribution in [0, 0.1) is 6.92 Å². The van der Waals surface area contributed by atoms with Crippen molar-refractivity contribution < 1.29 is 0 Å². The van der Waals surface area contributed by atoms with Gasteiger partial charge in [-0.3, -0.25) is 9.36 Å². The van der Waals surface area contributed by atoms with E-state index in [1.807, 2.05) is 45.0 Å². The van der Waals surface area contributed by atoms with E-state index in [9.17, 15) is 9.59 Å². The van der Waals surface area contributed by atoms with Gasteiger partial charge in [0.05, 0.1) is 12.0 Å². The topological polar surface area (TPSA) is 61.8 Å². The largest absolute Gasteiger partial charge is 0.337 e. The molecule has 0 aliphatic carbocycles. The Balaban J connectivity index is 2.48. The third-order valence-electron chi connectivity index (χ3n) is 3.98. The minimum absolute atomic E-state index is 0.252. The lowest BCUT2D eigenvalue weighted by Gasteiger charge is -2.14. The van der Waals surface area contributed by atoms with Crippen molar-refractivity contribution in [3.63, 3.8) is 0 Å². The summed E-state index contributed by atoms with van der Waals surface area (Å²) in [5, 5.41) is 0. The molecule has 0 spiro atoms. The predicted molar refractivity (Wildman–Crippen MR) is 94.9 cm³/mol. The Hall–Kier alpha value is -2.89. The summed E-state index contributed by atoms with van der Waals surface area (Å²) >= 11 is 0. The van der Waals surface area contributed by atoms with E-state index in [1.54, 1.807) is 17.0 Å². The van der Waals surface area contributed by atoms with Gasteiger partial charge < -0.3 is 4.57 Å². The number of hydrogen-bond donors (Lipinski definition) is 0. The molecule has 2 aromatic heterocycles. The number of rotatable bonds is 4. The normalized spacial score (nSPS) is 11.3. The van der Waals surface area contributed by atoms with Crippen LogP contribution in [-0.2, 0) is 6.54 Å². The Labute approximate surface area is 139 Å². The molecule has 6 heteroatoms. The van der Waals surface area contributed by atoms with E-state index in [1.165, 1.54) is 9.13 Å². The van der Waals surface area contributed by atoms with Gasteiger partial charge in [-0.2, -0.15) is 0 Å². The fourth-order valence-corrected chi connectivity index (χ4v) is 2.81. The number of aryl methyl sites for hydroxylation is 1. The van der Waals surface area contributed by atoms with Crippen LogP contribution in [-0.4, -0.2) is 18.7 Å². The molecule has 0 saturated heterocycles. The Morgan fingerprint density at radius 3 is 2.46 bits per heavy atom. The average molecular weight is 324 g/mol. The zero-order valence-electron chi connectivity index (χ0n) is 14.1. The Bertz CT molecular complexity index is 1020. The highest BCUT2D eigenvalue weighted by atomic mass is 16.2. The third kappa shape index (κ3) is 2.40. The van der Waals surface area contributed by atoms with E-state index in [2.05, 4.69) is 11.6 Å². The fourth-order valence-electron chi connectivity index (χ4n) is 2.81. The molecule has 0 unspecified atom stereocenters. The van der Waals surface area contributed by atoms with Crippen LogP contribution in [0.2, 0.25) is 0 Å². The van der Waals surface area contributed by atoms with Gasteiger partial charge in [-0.1, -0.05) is 23.8 Å². The van der Waals surface area contributed by atoms with E-state index in [4.69, 9.17) is 0 Å². The highest BCUT2D eigenvalue weighted by Crippen LogP contribution is 2.15. The molecule has 0 amide bonds. The second-order valence-electron chi connectivity index (χ2n) is 6.08. The van der Waals surface area contributed by atoms with E-state index in [-0.39, 0.29) is 17.3 Å². The lowest BCUT2D eigenvalue weighted by molar-refractivity contribution is 0.539. The molecular formula is C18H20N4O2. The van der Waals surface area contributed by atoms with Gasteiger partial charge >= 0.3 is 5.69 Å². The molecule has 1 aromatic carbocycles. The van der Waals surface area contributed by atoms with Crippen LogP contribution in [0.1, 0.15) is 25.5 Å². The molecule has 0 atom stereocenters. The lowest BCUT2D eigenvalue weighted by Crippen LogP contribution is -2.41. The first kappa shape index (κ1) is 16.0. The Kier molecular flexibility index (Phi) is 3.97. The highest BCUT2D eigenvalue weighted by molar-refractivity contribution is 5.72. The summed E-state index contributed by atoms with van der Waals surface area (Å²) in [6, 6.07) is 7.33. The first-order valence-electron chi connectivity index (χ1n) is 7.86. The molecule has 0 fully saturated rings. The molecule has 0 aliphatic rings. The molecule has 0 bridgehead atoms. The van der Waals surface area contributed by atoms with Crippen LogP contribution < -0.4 is 11.2 Å². The number of benzene rings is 1. The summed E-state index contributed by atoms with van der Waals surface area (Å²) in [5.74, 6) is 0. The molecule has 3 aromatic rings. The first-order chi connectivity index (χ1) is 11.5. The standard InChI is InChI=1S/C18H20N4O2/c1-5-10-20-11-19-16-15(20)17(23)21(12(2)3)18(24)22(16)14-8-6-13(4)7-9-14/h5-9,11-12H,1,10H2,2-4H3. The van der Waals surface area contributed by atoms with Crippen molar-refractivity contribution in [1.29, 1.82) is 0 Å². The van der Waals surface area contributed by atoms with Gasteiger partial charge in [0.25, 0.3) is 5.56 Å². The van der Waals surface area contributed by atoms with Crippen LogP contribution in [0.4, 0.5) is 0 Å². The average Bonchev–Trinajstić information content (AvgIpc) is 2.93. The van der Waals surface area contributed by atoms with Gasteiger partial charge in [0.2, 0.25) is 0 Å². The number of aromatic nitrogens is 4. The Morgan fingerprint density at radius 1 is 1.21 bits per heavy atom. The van der Waals surface area contributed by atoms with Gasteiger partial charge in [-0.25, -0.2) is 14.3 Å². The minimum Gasteiger partial charge on any atom is -0.321 e. The molecule has 3 rings (SSSR count). The first-order valence-corrected chi connectivity index (χ1v) is 7.86. The molecule has 0 N–H and O–H groups in total. The second kappa shape index (κ2) is 5.96. The zero-order valence-corrected chi connectivity index (χ0v) is 14.1. The van der Waals surface area contributed by atoms with Crippen LogP contribution in [0.15, 0.2) is 52.8 Å². The lowest BCUT2D eigenvalue weighted by atomic mass is 10.2. The SMILES string of the molecule is C=CCn1cnc2c1c(=O)n(C(C)C)c(=O)n2-c1ccc(C)cc1. The molecule has 2 heterocycles. The maximum Gasteiger partial charge on any atom is 0.337 e. The van der Waals surface area contributed by atoms with Gasteiger partial charge in [0.15, 0.2) is 11.2 Å². The maximum atomic E-state index is 13.0. The number of imidazole rings is 1. The molecule has 0 radical (unpaired) electrons. The van der Waals surface area contributed by atoms with Gasteiger partial charge in [-0.05, 0) is 32.9 Å². The summed E-state index contributed by atoms with van der Waals surface area (Å²) in [7, 11) is 0. The highest BCUT2D eigenvalue weighted by Gasteiger charge is 2.20. The number of hydrogen-bond acceptors (Lipinski definition) is 3. The monoisotopic (exact) mass is 324 g/mol. The number of allylic oxidation sites excluding steroid dienone is 1. The van der Waals surface area contributed by atoms with Crippen molar-refractivity contribution in [2.75, 3.05) is 0 Å². The van der Waals surface area contributed by atoms with Crippen molar-refractivity contribution in [2.45, 2.75) is 33.4 Å². The van der Waals surface area contributed by atoms with E-state index in [0.717, 1.165) is 5.56 Å². The van der Waals surface area contributed by atoms with Crippen LogP contribution >= 0.6 is 0 Å². The van der Waals surface area contributed by atoms with Crippen molar-refractivity contribution in [1.82, 2.24) is 18.7 Å². The fraction of sp³-hybridized carbons (Fsp3) is 0.278.